The predicted octanol–water partition coefficient (Wildman–Crippen LogP) is 0.108. The smallest absolute Gasteiger partial charge is 0.275 e. The molecule has 4 nitrogen and oxygen atoms in total. The van der Waals surface area contributed by atoms with Gasteiger partial charge in [-0.3, -0.25) is 4.79 Å². The van der Waals surface area contributed by atoms with Crippen LogP contribution in [-0.2, 0) is 11.3 Å². The predicted molar refractivity (Wildman–Crippen MR) is 110 cm³/mol. The minimum Gasteiger partial charge on any atom is -0.347 e. The number of benzene rings is 2. The van der Waals surface area contributed by atoms with Crippen molar-refractivity contribution in [3.05, 3.63) is 77.4 Å². The first-order valence-electron chi connectivity index (χ1n) is 9.90. The van der Waals surface area contributed by atoms with Gasteiger partial charge >= 0.3 is 0 Å². The van der Waals surface area contributed by atoms with Gasteiger partial charge in [-0.05, 0) is 29.7 Å². The number of nitrogens with one attached hydrogen (secondary N) is 3. The van der Waals surface area contributed by atoms with Gasteiger partial charge in [0.05, 0.1) is 6.54 Å². The van der Waals surface area contributed by atoms with Gasteiger partial charge in [0.1, 0.15) is 26.2 Å². The second-order valence-electron chi connectivity index (χ2n) is 7.40. The number of piperazine rings is 1. The maximum atomic E-state index is 12.3. The molecule has 3 N–H and O–H groups in total. The molecule has 0 radical (unpaired) electrons. The van der Waals surface area contributed by atoms with Crippen LogP contribution in [0.3, 0.4) is 0 Å². The van der Waals surface area contributed by atoms with E-state index in [4.69, 9.17) is 0 Å². The third-order valence-corrected chi connectivity index (χ3v) is 5.33. The number of quaternary nitrogens is 2. The number of rotatable bonds is 7. The number of hydrogen-bond donors (Lipinski definition) is 3. The lowest BCUT2D eigenvalue weighted by Crippen LogP contribution is -3.28. The minimum absolute atomic E-state index is 0.153. The van der Waals surface area contributed by atoms with Gasteiger partial charge in [-0.15, -0.1) is 0 Å². The molecule has 2 aromatic rings. The molecule has 0 unspecified atom stereocenters. The standard InChI is InChI=1S/C23H29N3O/c1-20-8-5-6-12-22(20)18-24-23(27)19-26-16-14-25(15-17-26)13-7-11-21-9-3-2-4-10-21/h2-12H,13-19H2,1H3,(H,24,27)/p+2/b11-7+. The fraction of sp³-hybridized carbons (Fsp3) is 0.348. The molecule has 0 aromatic heterocycles. The first kappa shape index (κ1) is 19.3. The van der Waals surface area contributed by atoms with Crippen molar-refractivity contribution in [1.82, 2.24) is 5.32 Å². The summed E-state index contributed by atoms with van der Waals surface area (Å²) in [5, 5.41) is 3.07. The minimum atomic E-state index is 0.153. The van der Waals surface area contributed by atoms with Gasteiger partial charge in [0, 0.05) is 6.54 Å². The quantitative estimate of drug-likeness (QED) is 0.640. The highest BCUT2D eigenvalue weighted by Gasteiger charge is 2.23. The average molecular weight is 366 g/mol. The molecule has 142 valence electrons. The van der Waals surface area contributed by atoms with Gasteiger partial charge in [0.2, 0.25) is 0 Å². The van der Waals surface area contributed by atoms with Crippen molar-refractivity contribution in [2.75, 3.05) is 39.3 Å². The molecule has 1 amide bonds. The molecule has 27 heavy (non-hydrogen) atoms. The van der Waals surface area contributed by atoms with Gasteiger partial charge < -0.3 is 15.1 Å². The number of carbonyl (C=O) groups is 1. The highest BCUT2D eigenvalue weighted by Crippen LogP contribution is 2.05. The second kappa shape index (κ2) is 10.0. The van der Waals surface area contributed by atoms with Gasteiger partial charge in [-0.2, -0.15) is 0 Å². The Morgan fingerprint density at radius 2 is 1.63 bits per heavy atom. The molecule has 2 aromatic carbocycles. The Morgan fingerprint density at radius 3 is 2.37 bits per heavy atom. The summed E-state index contributed by atoms with van der Waals surface area (Å²) in [6.07, 6.45) is 4.47. The summed E-state index contributed by atoms with van der Waals surface area (Å²) in [6.45, 7) is 8.72. The van der Waals surface area contributed by atoms with Crippen molar-refractivity contribution in [2.45, 2.75) is 13.5 Å². The van der Waals surface area contributed by atoms with E-state index in [1.807, 2.05) is 18.2 Å². The van der Waals surface area contributed by atoms with Crippen LogP contribution in [0.5, 0.6) is 0 Å². The summed E-state index contributed by atoms with van der Waals surface area (Å²) >= 11 is 0. The number of amides is 1. The fourth-order valence-corrected chi connectivity index (χ4v) is 3.56. The van der Waals surface area contributed by atoms with Crippen LogP contribution in [-0.4, -0.2) is 45.2 Å². The van der Waals surface area contributed by atoms with E-state index in [9.17, 15) is 4.79 Å². The molecule has 4 heteroatoms. The molecule has 1 aliphatic heterocycles. The lowest BCUT2D eigenvalue weighted by atomic mass is 10.1. The van der Waals surface area contributed by atoms with Crippen LogP contribution in [0.1, 0.15) is 16.7 Å². The maximum absolute atomic E-state index is 12.3. The second-order valence-corrected chi connectivity index (χ2v) is 7.40. The lowest BCUT2D eigenvalue weighted by Gasteiger charge is -2.28. The maximum Gasteiger partial charge on any atom is 0.275 e. The van der Waals surface area contributed by atoms with Crippen molar-refractivity contribution in [3.63, 3.8) is 0 Å². The number of hydrogen-bond acceptors (Lipinski definition) is 1. The van der Waals surface area contributed by atoms with Crippen LogP contribution in [0.4, 0.5) is 0 Å². The van der Waals surface area contributed by atoms with Crippen LogP contribution >= 0.6 is 0 Å². The Bertz CT molecular complexity index is 749. The molecular weight excluding hydrogens is 334 g/mol. The molecule has 0 aliphatic carbocycles. The van der Waals surface area contributed by atoms with Crippen LogP contribution in [0.15, 0.2) is 60.7 Å². The van der Waals surface area contributed by atoms with E-state index in [-0.39, 0.29) is 5.91 Å². The molecule has 1 aliphatic rings. The van der Waals surface area contributed by atoms with Crippen LogP contribution in [0, 0.1) is 6.92 Å². The Hall–Kier alpha value is -2.43. The third-order valence-electron chi connectivity index (χ3n) is 5.33. The fourth-order valence-electron chi connectivity index (χ4n) is 3.56. The normalized spacial score (nSPS) is 19.9. The van der Waals surface area contributed by atoms with E-state index in [2.05, 4.69) is 60.8 Å². The molecule has 1 fully saturated rings. The van der Waals surface area contributed by atoms with Gasteiger partial charge in [0.15, 0.2) is 6.54 Å². The van der Waals surface area contributed by atoms with Crippen LogP contribution in [0.25, 0.3) is 6.08 Å². The van der Waals surface area contributed by atoms with Gasteiger partial charge in [-0.1, -0.05) is 60.7 Å². The largest absolute Gasteiger partial charge is 0.347 e. The van der Waals surface area contributed by atoms with Crippen LogP contribution in [0.2, 0.25) is 0 Å². The lowest BCUT2D eigenvalue weighted by molar-refractivity contribution is -1.01. The average Bonchev–Trinajstić information content (AvgIpc) is 2.69. The SMILES string of the molecule is Cc1ccccc1CNC(=O)C[NH+]1CC[NH+](C/C=C/c2ccccc2)CC1. The summed E-state index contributed by atoms with van der Waals surface area (Å²) in [5.41, 5.74) is 3.68. The van der Waals surface area contributed by atoms with Crippen molar-refractivity contribution < 1.29 is 14.6 Å². The van der Waals surface area contributed by atoms with E-state index in [0.29, 0.717) is 13.1 Å². The topological polar surface area (TPSA) is 38.0 Å². The molecule has 3 rings (SSSR count). The zero-order valence-electron chi connectivity index (χ0n) is 16.2. The monoisotopic (exact) mass is 365 g/mol. The first-order valence-corrected chi connectivity index (χ1v) is 9.90. The summed E-state index contributed by atoms with van der Waals surface area (Å²) in [6, 6.07) is 18.6. The molecule has 0 atom stereocenters. The Kier molecular flexibility index (Phi) is 7.19. The summed E-state index contributed by atoms with van der Waals surface area (Å²) in [4.78, 5) is 15.3. The molecule has 1 saturated heterocycles. The van der Waals surface area contributed by atoms with E-state index in [1.165, 1.54) is 21.6 Å². The Morgan fingerprint density at radius 1 is 0.963 bits per heavy atom. The number of aryl methyl sites for hydroxylation is 1. The zero-order valence-corrected chi connectivity index (χ0v) is 16.2. The zero-order chi connectivity index (χ0) is 18.9. The summed E-state index contributed by atoms with van der Waals surface area (Å²) in [5.74, 6) is 0.153. The van der Waals surface area contributed by atoms with E-state index < -0.39 is 0 Å². The summed E-state index contributed by atoms with van der Waals surface area (Å²) < 4.78 is 0. The van der Waals surface area contributed by atoms with E-state index in [1.54, 1.807) is 4.90 Å². The van der Waals surface area contributed by atoms with Crippen molar-refractivity contribution >= 4 is 12.0 Å². The molecule has 0 saturated carbocycles. The molecule has 0 spiro atoms. The van der Waals surface area contributed by atoms with Gasteiger partial charge in [0.25, 0.3) is 5.91 Å². The number of carbonyl (C=O) groups excluding carboxylic acids is 1. The highest BCUT2D eigenvalue weighted by molar-refractivity contribution is 5.76. The van der Waals surface area contributed by atoms with E-state index >= 15 is 0 Å². The molecule has 1 heterocycles. The Labute approximate surface area is 162 Å². The van der Waals surface area contributed by atoms with Crippen molar-refractivity contribution in [2.24, 2.45) is 0 Å². The van der Waals surface area contributed by atoms with Gasteiger partial charge in [-0.25, -0.2) is 0 Å². The Balaban J connectivity index is 1.35. The summed E-state index contributed by atoms with van der Waals surface area (Å²) in [7, 11) is 0. The van der Waals surface area contributed by atoms with Crippen LogP contribution < -0.4 is 15.1 Å². The highest BCUT2D eigenvalue weighted by atomic mass is 16.2. The van der Waals surface area contributed by atoms with Crippen molar-refractivity contribution in [1.29, 1.82) is 0 Å². The van der Waals surface area contributed by atoms with E-state index in [0.717, 1.165) is 32.7 Å². The molecular formula is C23H31N3O+2. The first-order chi connectivity index (χ1) is 13.2. The molecule has 0 bridgehead atoms. The third kappa shape index (κ3) is 6.35. The van der Waals surface area contributed by atoms with Crippen molar-refractivity contribution in [3.8, 4) is 0 Å².